The summed E-state index contributed by atoms with van der Waals surface area (Å²) in [5.74, 6) is -0.311. The average Bonchev–Trinajstić information content (AvgIpc) is 3.11. The molecule has 2 amide bonds. The Morgan fingerprint density at radius 2 is 1.81 bits per heavy atom. The van der Waals surface area contributed by atoms with Crippen LogP contribution in [0, 0.1) is 0 Å². The topological polar surface area (TPSA) is 90.8 Å². The Kier molecular flexibility index (Phi) is 6.33. The summed E-state index contributed by atoms with van der Waals surface area (Å²) in [6.07, 6.45) is 11.3. The summed E-state index contributed by atoms with van der Waals surface area (Å²) in [7, 11) is 0. The number of benzene rings is 1. The molecule has 0 aliphatic carbocycles. The van der Waals surface area contributed by atoms with Crippen molar-refractivity contribution in [2.24, 2.45) is 4.99 Å². The van der Waals surface area contributed by atoms with Crippen LogP contribution in [-0.4, -0.2) is 33.1 Å². The minimum atomic E-state index is -0.355. The maximum Gasteiger partial charge on any atom is 0.296 e. The highest BCUT2D eigenvalue weighted by Gasteiger charge is 2.23. The zero-order chi connectivity index (χ0) is 22.3. The Hall–Kier alpha value is -4.30. The molecule has 1 N–H and O–H groups in total. The summed E-state index contributed by atoms with van der Waals surface area (Å²) in [5.41, 5.74) is 1.19. The summed E-state index contributed by atoms with van der Waals surface area (Å²) in [4.78, 5) is 38.2. The second-order valence-electron chi connectivity index (χ2n) is 6.52. The highest BCUT2D eigenvalue weighted by atomic mass is 35.5. The van der Waals surface area contributed by atoms with E-state index in [4.69, 9.17) is 11.6 Å². The number of amides is 2. The van der Waals surface area contributed by atoms with E-state index >= 15 is 0 Å². The van der Waals surface area contributed by atoms with Gasteiger partial charge in [-0.05, 0) is 60.7 Å². The molecule has 0 unspecified atom stereocenters. The molecule has 0 saturated carbocycles. The van der Waals surface area contributed by atoms with E-state index in [1.54, 1.807) is 90.4 Å². The lowest BCUT2D eigenvalue weighted by Crippen LogP contribution is -2.43. The molecule has 0 radical (unpaired) electrons. The van der Waals surface area contributed by atoms with Gasteiger partial charge < -0.3 is 5.32 Å². The van der Waals surface area contributed by atoms with Gasteiger partial charge in [-0.25, -0.2) is 20.0 Å². The summed E-state index contributed by atoms with van der Waals surface area (Å²) < 4.78 is 0. The van der Waals surface area contributed by atoms with Gasteiger partial charge in [-0.2, -0.15) is 0 Å². The molecular formula is C23H17ClN6O2. The van der Waals surface area contributed by atoms with Gasteiger partial charge in [0.15, 0.2) is 0 Å². The van der Waals surface area contributed by atoms with Crippen LogP contribution < -0.4 is 10.3 Å². The quantitative estimate of drug-likeness (QED) is 0.633. The number of carbonyl (C=O) groups excluding carboxylic acids is 2. The van der Waals surface area contributed by atoms with Crippen LogP contribution in [0.3, 0.4) is 0 Å². The van der Waals surface area contributed by atoms with Crippen molar-refractivity contribution in [2.45, 2.75) is 0 Å². The van der Waals surface area contributed by atoms with E-state index in [-0.39, 0.29) is 17.5 Å². The van der Waals surface area contributed by atoms with Crippen molar-refractivity contribution in [3.63, 3.8) is 0 Å². The number of allylic oxidation sites excluding steroid dienone is 2. The Morgan fingerprint density at radius 3 is 2.53 bits per heavy atom. The molecule has 3 aromatic rings. The van der Waals surface area contributed by atoms with E-state index in [0.29, 0.717) is 22.1 Å². The zero-order valence-electron chi connectivity index (χ0n) is 16.7. The SMILES string of the molecule is O=C(Nc1ccc(Cl)cn1)c1ccc(N(C(=O)c2ccccn2)N2C=CC=CN=C2)cc1. The first-order valence-corrected chi connectivity index (χ1v) is 9.93. The van der Waals surface area contributed by atoms with Crippen LogP contribution in [0.15, 0.2) is 96.5 Å². The molecule has 0 bridgehead atoms. The number of halogens is 1. The lowest BCUT2D eigenvalue weighted by atomic mass is 10.2. The molecule has 1 aliphatic rings. The number of hydrogen-bond acceptors (Lipinski definition) is 6. The second-order valence-corrected chi connectivity index (χ2v) is 6.96. The predicted molar refractivity (Wildman–Crippen MR) is 123 cm³/mol. The number of rotatable bonds is 5. The molecular weight excluding hydrogens is 428 g/mol. The van der Waals surface area contributed by atoms with Gasteiger partial charge in [0.05, 0.1) is 10.7 Å². The largest absolute Gasteiger partial charge is 0.307 e. The molecule has 8 nitrogen and oxygen atoms in total. The minimum absolute atomic E-state index is 0.266. The van der Waals surface area contributed by atoms with Gasteiger partial charge in [0.2, 0.25) is 0 Å². The van der Waals surface area contributed by atoms with Crippen molar-refractivity contribution in [3.8, 4) is 0 Å². The Balaban J connectivity index is 1.60. The Labute approximate surface area is 189 Å². The smallest absolute Gasteiger partial charge is 0.296 e. The molecule has 0 atom stereocenters. The molecule has 0 fully saturated rings. The first-order chi connectivity index (χ1) is 15.6. The number of nitrogens with zero attached hydrogens (tertiary/aromatic N) is 5. The van der Waals surface area contributed by atoms with Crippen LogP contribution in [0.5, 0.6) is 0 Å². The minimum Gasteiger partial charge on any atom is -0.307 e. The van der Waals surface area contributed by atoms with Crippen LogP contribution in [-0.2, 0) is 0 Å². The molecule has 1 aliphatic heterocycles. The number of carbonyl (C=O) groups is 2. The fourth-order valence-corrected chi connectivity index (χ4v) is 2.96. The molecule has 3 heterocycles. The van der Waals surface area contributed by atoms with Crippen LogP contribution in [0.1, 0.15) is 20.8 Å². The number of pyridine rings is 2. The van der Waals surface area contributed by atoms with E-state index < -0.39 is 0 Å². The van der Waals surface area contributed by atoms with Gasteiger partial charge >= 0.3 is 0 Å². The third-order valence-electron chi connectivity index (χ3n) is 4.36. The Morgan fingerprint density at radius 1 is 0.969 bits per heavy atom. The summed E-state index contributed by atoms with van der Waals surface area (Å²) >= 11 is 5.82. The monoisotopic (exact) mass is 444 g/mol. The van der Waals surface area contributed by atoms with Gasteiger partial charge in [0, 0.05) is 30.4 Å². The maximum atomic E-state index is 13.3. The molecule has 32 heavy (non-hydrogen) atoms. The summed E-state index contributed by atoms with van der Waals surface area (Å²) in [5, 5.41) is 6.14. The van der Waals surface area contributed by atoms with Crippen molar-refractivity contribution in [3.05, 3.63) is 108 Å². The van der Waals surface area contributed by atoms with Gasteiger partial charge in [-0.3, -0.25) is 14.6 Å². The lowest BCUT2D eigenvalue weighted by molar-refractivity contribution is 0.0949. The van der Waals surface area contributed by atoms with E-state index in [1.807, 2.05) is 0 Å². The first-order valence-electron chi connectivity index (χ1n) is 9.55. The summed E-state index contributed by atoms with van der Waals surface area (Å²) in [6, 6.07) is 14.9. The van der Waals surface area contributed by atoms with Gasteiger partial charge in [0.1, 0.15) is 17.9 Å². The van der Waals surface area contributed by atoms with Gasteiger partial charge in [-0.15, -0.1) is 0 Å². The number of hydrogen-bond donors (Lipinski definition) is 1. The standard InChI is InChI=1S/C23H17ClN6O2/c24-18-8-11-21(27-15-18)28-22(31)17-6-9-19(10-7-17)30(29-14-4-3-12-25-16-29)23(32)20-5-1-2-13-26-20/h1-16H,(H,27,28,31). The highest BCUT2D eigenvalue weighted by molar-refractivity contribution is 6.30. The average molecular weight is 445 g/mol. The fraction of sp³-hybridized carbons (Fsp3) is 0. The van der Waals surface area contributed by atoms with Crippen molar-refractivity contribution < 1.29 is 9.59 Å². The Bertz CT molecular complexity index is 1180. The molecule has 1 aromatic carbocycles. The van der Waals surface area contributed by atoms with E-state index in [1.165, 1.54) is 17.5 Å². The van der Waals surface area contributed by atoms with Crippen LogP contribution in [0.25, 0.3) is 0 Å². The fourth-order valence-electron chi connectivity index (χ4n) is 2.85. The molecule has 0 saturated heterocycles. The van der Waals surface area contributed by atoms with E-state index in [0.717, 1.165) is 0 Å². The molecule has 0 spiro atoms. The van der Waals surface area contributed by atoms with Gasteiger partial charge in [0.25, 0.3) is 11.8 Å². The van der Waals surface area contributed by atoms with Crippen molar-refractivity contribution in [1.29, 1.82) is 0 Å². The van der Waals surface area contributed by atoms with Crippen LogP contribution in [0.4, 0.5) is 11.5 Å². The third-order valence-corrected chi connectivity index (χ3v) is 4.58. The number of aromatic nitrogens is 2. The molecule has 9 heteroatoms. The van der Waals surface area contributed by atoms with Crippen LogP contribution >= 0.6 is 11.6 Å². The predicted octanol–water partition coefficient (Wildman–Crippen LogP) is 4.32. The van der Waals surface area contributed by atoms with Crippen molar-refractivity contribution >= 4 is 41.3 Å². The van der Waals surface area contributed by atoms with Gasteiger partial charge in [-0.1, -0.05) is 17.7 Å². The highest BCUT2D eigenvalue weighted by Crippen LogP contribution is 2.21. The molecule has 4 rings (SSSR count). The zero-order valence-corrected chi connectivity index (χ0v) is 17.4. The number of nitrogens with one attached hydrogen (secondary N) is 1. The van der Waals surface area contributed by atoms with Crippen molar-refractivity contribution in [2.75, 3.05) is 10.3 Å². The van der Waals surface area contributed by atoms with Crippen LogP contribution in [0.2, 0.25) is 5.02 Å². The molecule has 2 aromatic heterocycles. The maximum absolute atomic E-state index is 13.3. The normalized spacial score (nSPS) is 12.3. The summed E-state index contributed by atoms with van der Waals surface area (Å²) in [6.45, 7) is 0. The second kappa shape index (κ2) is 9.67. The first kappa shape index (κ1) is 21.0. The number of aliphatic imine (C=N–C) groups is 1. The number of hydrazine groups is 1. The number of anilines is 2. The van der Waals surface area contributed by atoms with Crippen molar-refractivity contribution in [1.82, 2.24) is 15.0 Å². The lowest BCUT2D eigenvalue weighted by Gasteiger charge is -2.30. The molecule has 158 valence electrons. The third kappa shape index (κ3) is 4.88. The van der Waals surface area contributed by atoms with E-state index in [9.17, 15) is 9.59 Å². The van der Waals surface area contributed by atoms with E-state index in [2.05, 4.69) is 20.3 Å².